The highest BCUT2D eigenvalue weighted by Gasteiger charge is 2.11. The molecule has 21 heavy (non-hydrogen) atoms. The van der Waals surface area contributed by atoms with Crippen LogP contribution in [0.3, 0.4) is 0 Å². The SMILES string of the molecule is Cc1ccc(C)c(CC(=O)Cc2csc3ccccc23)c1. The van der Waals surface area contributed by atoms with Crippen molar-refractivity contribution in [2.45, 2.75) is 26.7 Å². The number of benzene rings is 2. The molecule has 0 aliphatic carbocycles. The van der Waals surface area contributed by atoms with Gasteiger partial charge in [-0.25, -0.2) is 0 Å². The molecule has 0 unspecified atom stereocenters. The maximum Gasteiger partial charge on any atom is 0.141 e. The smallest absolute Gasteiger partial charge is 0.141 e. The molecule has 0 fully saturated rings. The fraction of sp³-hybridized carbons (Fsp3) is 0.211. The fourth-order valence-corrected chi connectivity index (χ4v) is 3.61. The second kappa shape index (κ2) is 5.82. The molecule has 0 spiro atoms. The third-order valence-corrected chi connectivity index (χ3v) is 4.85. The predicted octanol–water partition coefficient (Wildman–Crippen LogP) is 4.87. The van der Waals surface area contributed by atoms with Crippen molar-refractivity contribution in [3.05, 3.63) is 70.1 Å². The zero-order chi connectivity index (χ0) is 14.8. The summed E-state index contributed by atoms with van der Waals surface area (Å²) in [6.45, 7) is 4.14. The molecule has 0 radical (unpaired) electrons. The number of thiophene rings is 1. The molecule has 2 aromatic carbocycles. The molecular weight excluding hydrogens is 276 g/mol. The van der Waals surface area contributed by atoms with Crippen LogP contribution in [-0.2, 0) is 17.6 Å². The third kappa shape index (κ3) is 3.06. The lowest BCUT2D eigenvalue weighted by molar-refractivity contribution is -0.117. The van der Waals surface area contributed by atoms with Crippen LogP contribution in [0.2, 0.25) is 0 Å². The molecule has 0 bridgehead atoms. The normalized spacial score (nSPS) is 11.0. The summed E-state index contributed by atoms with van der Waals surface area (Å²) >= 11 is 1.72. The quantitative estimate of drug-likeness (QED) is 0.670. The van der Waals surface area contributed by atoms with Crippen molar-refractivity contribution in [2.75, 3.05) is 0 Å². The molecule has 1 nitrogen and oxygen atoms in total. The first-order valence-corrected chi connectivity index (χ1v) is 8.04. The van der Waals surface area contributed by atoms with Gasteiger partial charge in [-0.3, -0.25) is 4.79 Å². The average molecular weight is 294 g/mol. The summed E-state index contributed by atoms with van der Waals surface area (Å²) in [5.41, 5.74) is 4.72. The monoisotopic (exact) mass is 294 g/mol. The van der Waals surface area contributed by atoms with Crippen LogP contribution in [0.4, 0.5) is 0 Å². The third-order valence-electron chi connectivity index (χ3n) is 3.84. The van der Waals surface area contributed by atoms with Crippen molar-refractivity contribution >= 4 is 27.2 Å². The zero-order valence-corrected chi connectivity index (χ0v) is 13.2. The van der Waals surface area contributed by atoms with Gasteiger partial charge in [-0.1, -0.05) is 42.0 Å². The van der Waals surface area contributed by atoms with Crippen LogP contribution in [0, 0.1) is 13.8 Å². The molecule has 0 amide bonds. The molecule has 0 saturated carbocycles. The van der Waals surface area contributed by atoms with E-state index in [1.54, 1.807) is 11.3 Å². The summed E-state index contributed by atoms with van der Waals surface area (Å²) in [5.74, 6) is 0.284. The Morgan fingerprint density at radius 1 is 1.00 bits per heavy atom. The molecule has 1 aromatic heterocycles. The molecule has 0 aliphatic rings. The van der Waals surface area contributed by atoms with E-state index in [-0.39, 0.29) is 5.78 Å². The number of fused-ring (bicyclic) bond motifs is 1. The minimum absolute atomic E-state index is 0.284. The van der Waals surface area contributed by atoms with E-state index >= 15 is 0 Å². The Kier molecular flexibility index (Phi) is 3.89. The minimum atomic E-state index is 0.284. The second-order valence-corrected chi connectivity index (χ2v) is 6.49. The van der Waals surface area contributed by atoms with E-state index in [0.717, 1.165) is 11.1 Å². The maximum absolute atomic E-state index is 12.4. The van der Waals surface area contributed by atoms with Crippen molar-refractivity contribution < 1.29 is 4.79 Å². The Morgan fingerprint density at radius 2 is 1.76 bits per heavy atom. The lowest BCUT2D eigenvalue weighted by Gasteiger charge is -2.06. The van der Waals surface area contributed by atoms with Gasteiger partial charge in [-0.15, -0.1) is 11.3 Å². The van der Waals surface area contributed by atoms with Gasteiger partial charge in [-0.05, 0) is 47.4 Å². The lowest BCUT2D eigenvalue weighted by atomic mass is 9.98. The summed E-state index contributed by atoms with van der Waals surface area (Å²) in [6.07, 6.45) is 1.05. The first kappa shape index (κ1) is 14.0. The summed E-state index contributed by atoms with van der Waals surface area (Å²) in [7, 11) is 0. The number of hydrogen-bond donors (Lipinski definition) is 0. The molecule has 0 N–H and O–H groups in total. The molecule has 3 aromatic rings. The van der Waals surface area contributed by atoms with Gasteiger partial charge in [0.2, 0.25) is 0 Å². The van der Waals surface area contributed by atoms with Gasteiger partial charge < -0.3 is 0 Å². The molecule has 0 aliphatic heterocycles. The number of Topliss-reactive ketones (excluding diaryl/α,β-unsaturated/α-hetero) is 1. The van der Waals surface area contributed by atoms with Gasteiger partial charge in [0.05, 0.1) is 0 Å². The van der Waals surface area contributed by atoms with E-state index in [4.69, 9.17) is 0 Å². The van der Waals surface area contributed by atoms with Crippen LogP contribution < -0.4 is 0 Å². The number of ketones is 1. The Morgan fingerprint density at radius 3 is 2.62 bits per heavy atom. The first-order chi connectivity index (χ1) is 10.1. The Balaban J connectivity index is 1.79. The molecule has 2 heteroatoms. The van der Waals surface area contributed by atoms with Gasteiger partial charge in [-0.2, -0.15) is 0 Å². The highest BCUT2D eigenvalue weighted by molar-refractivity contribution is 7.17. The van der Waals surface area contributed by atoms with Crippen LogP contribution in [0.15, 0.2) is 47.8 Å². The Hall–Kier alpha value is -1.93. The van der Waals surface area contributed by atoms with Crippen LogP contribution >= 0.6 is 11.3 Å². The molecule has 3 rings (SSSR count). The Labute approximate surface area is 129 Å². The van der Waals surface area contributed by atoms with Gasteiger partial charge in [0.1, 0.15) is 5.78 Å². The summed E-state index contributed by atoms with van der Waals surface area (Å²) in [5, 5.41) is 3.34. The van der Waals surface area contributed by atoms with Crippen molar-refractivity contribution in [1.29, 1.82) is 0 Å². The fourth-order valence-electron chi connectivity index (χ4n) is 2.65. The standard InChI is InChI=1S/C19H18OS/c1-13-7-8-14(2)15(9-13)10-17(20)11-16-12-21-19-6-4-3-5-18(16)19/h3-9,12H,10-11H2,1-2H3. The number of hydrogen-bond acceptors (Lipinski definition) is 2. The van der Waals surface area contributed by atoms with E-state index < -0.39 is 0 Å². The molecular formula is C19H18OS. The van der Waals surface area contributed by atoms with Gasteiger partial charge >= 0.3 is 0 Å². The first-order valence-electron chi connectivity index (χ1n) is 7.16. The highest BCUT2D eigenvalue weighted by atomic mass is 32.1. The number of carbonyl (C=O) groups excluding carboxylic acids is 1. The molecule has 1 heterocycles. The second-order valence-electron chi connectivity index (χ2n) is 5.58. The van der Waals surface area contributed by atoms with Crippen LogP contribution in [-0.4, -0.2) is 5.78 Å². The van der Waals surface area contributed by atoms with E-state index in [1.807, 2.05) is 12.1 Å². The predicted molar refractivity (Wildman–Crippen MR) is 90.2 cm³/mol. The maximum atomic E-state index is 12.4. The number of aryl methyl sites for hydroxylation is 2. The van der Waals surface area contributed by atoms with Crippen LogP contribution in [0.1, 0.15) is 22.3 Å². The van der Waals surface area contributed by atoms with E-state index in [9.17, 15) is 4.79 Å². The van der Waals surface area contributed by atoms with E-state index in [1.165, 1.54) is 21.2 Å². The zero-order valence-electron chi connectivity index (χ0n) is 12.3. The molecule has 0 atom stereocenters. The summed E-state index contributed by atoms with van der Waals surface area (Å²) < 4.78 is 1.26. The lowest BCUT2D eigenvalue weighted by Crippen LogP contribution is -2.07. The highest BCUT2D eigenvalue weighted by Crippen LogP contribution is 2.26. The molecule has 0 saturated heterocycles. The minimum Gasteiger partial charge on any atom is -0.299 e. The van der Waals surface area contributed by atoms with Crippen molar-refractivity contribution in [3.63, 3.8) is 0 Å². The van der Waals surface area contributed by atoms with Crippen molar-refractivity contribution in [2.24, 2.45) is 0 Å². The van der Waals surface area contributed by atoms with Crippen molar-refractivity contribution in [1.82, 2.24) is 0 Å². The summed E-state index contributed by atoms with van der Waals surface area (Å²) in [6, 6.07) is 14.6. The Bertz CT molecular complexity index is 798. The van der Waals surface area contributed by atoms with Gasteiger partial charge in [0.15, 0.2) is 0 Å². The van der Waals surface area contributed by atoms with Gasteiger partial charge in [0, 0.05) is 17.5 Å². The number of rotatable bonds is 4. The van der Waals surface area contributed by atoms with Crippen molar-refractivity contribution in [3.8, 4) is 0 Å². The van der Waals surface area contributed by atoms with Crippen LogP contribution in [0.25, 0.3) is 10.1 Å². The van der Waals surface area contributed by atoms with E-state index in [2.05, 4.69) is 49.6 Å². The van der Waals surface area contributed by atoms with E-state index in [0.29, 0.717) is 12.8 Å². The number of carbonyl (C=O) groups is 1. The largest absolute Gasteiger partial charge is 0.299 e. The van der Waals surface area contributed by atoms with Gasteiger partial charge in [0.25, 0.3) is 0 Å². The molecule has 106 valence electrons. The summed E-state index contributed by atoms with van der Waals surface area (Å²) in [4.78, 5) is 12.4. The average Bonchev–Trinajstić information content (AvgIpc) is 2.86. The topological polar surface area (TPSA) is 17.1 Å². The van der Waals surface area contributed by atoms with Crippen LogP contribution in [0.5, 0.6) is 0 Å².